The molecule has 1 N–H and O–H groups in total. The Morgan fingerprint density at radius 2 is 1.86 bits per heavy atom. The number of likely N-dealkylation sites (tertiary alicyclic amines) is 1. The highest BCUT2D eigenvalue weighted by Crippen LogP contribution is 2.30. The lowest BCUT2D eigenvalue weighted by molar-refractivity contribution is -0.385. The molecular weight excluding hydrogens is 365 g/mol. The van der Waals surface area contributed by atoms with Crippen LogP contribution in [0.2, 0.25) is 0 Å². The van der Waals surface area contributed by atoms with Gasteiger partial charge in [-0.1, -0.05) is 6.07 Å². The number of methoxy groups -OCH3 is 2. The molecule has 0 unspecified atom stereocenters. The van der Waals surface area contributed by atoms with Gasteiger partial charge in [-0.15, -0.1) is 0 Å². The molecule has 0 atom stereocenters. The summed E-state index contributed by atoms with van der Waals surface area (Å²) in [5, 5.41) is 14.4. The van der Waals surface area contributed by atoms with E-state index in [9.17, 15) is 14.5 Å². The van der Waals surface area contributed by atoms with E-state index in [1.807, 2.05) is 6.07 Å². The van der Waals surface area contributed by atoms with E-state index in [1.165, 1.54) is 26.4 Å². The molecule has 1 aliphatic heterocycles. The van der Waals surface area contributed by atoms with Gasteiger partial charge >= 0.3 is 5.69 Å². The summed E-state index contributed by atoms with van der Waals surface area (Å²) in [5.41, 5.74) is 1.68. The highest BCUT2D eigenvalue weighted by molar-refractivity contribution is 5.58. The molecule has 2 aromatic carbocycles. The quantitative estimate of drug-likeness (QED) is 0.573. The number of nitro benzene ring substituents is 1. The lowest BCUT2D eigenvalue weighted by atomic mass is 10.0. The number of anilines is 1. The third-order valence-electron chi connectivity index (χ3n) is 4.96. The summed E-state index contributed by atoms with van der Waals surface area (Å²) < 4.78 is 23.9. The van der Waals surface area contributed by atoms with E-state index in [-0.39, 0.29) is 29.0 Å². The molecule has 1 saturated heterocycles. The standard InChI is InChI=1S/C20H24FN3O4/c1-27-19-6-3-14(11-17(19)21)13-23-9-7-15(8-10-23)22-16-4-5-18(24(25)26)20(12-16)28-2/h3-6,11-12,15,22H,7-10,13H2,1-2H3. The maximum atomic E-state index is 13.8. The van der Waals surface area contributed by atoms with Crippen molar-refractivity contribution in [2.75, 3.05) is 32.6 Å². The van der Waals surface area contributed by atoms with E-state index < -0.39 is 4.92 Å². The minimum atomic E-state index is -0.455. The van der Waals surface area contributed by atoms with Crippen molar-refractivity contribution in [3.8, 4) is 11.5 Å². The summed E-state index contributed by atoms with van der Waals surface area (Å²) in [5.74, 6) is 0.155. The van der Waals surface area contributed by atoms with Crippen LogP contribution in [0.4, 0.5) is 15.8 Å². The van der Waals surface area contributed by atoms with Crippen LogP contribution in [0.25, 0.3) is 0 Å². The first-order valence-corrected chi connectivity index (χ1v) is 9.14. The number of hydrogen-bond donors (Lipinski definition) is 1. The van der Waals surface area contributed by atoms with Crippen molar-refractivity contribution >= 4 is 11.4 Å². The van der Waals surface area contributed by atoms with Gasteiger partial charge in [-0.25, -0.2) is 4.39 Å². The van der Waals surface area contributed by atoms with Crippen LogP contribution in [0, 0.1) is 15.9 Å². The largest absolute Gasteiger partial charge is 0.494 e. The van der Waals surface area contributed by atoms with Gasteiger partial charge in [-0.2, -0.15) is 0 Å². The molecule has 0 spiro atoms. The van der Waals surface area contributed by atoms with Crippen LogP contribution in [0.5, 0.6) is 11.5 Å². The molecule has 0 aliphatic carbocycles. The topological polar surface area (TPSA) is 76.9 Å². The molecule has 8 heteroatoms. The normalized spacial score (nSPS) is 15.2. The summed E-state index contributed by atoms with van der Waals surface area (Å²) >= 11 is 0. The fourth-order valence-corrected chi connectivity index (χ4v) is 3.46. The first-order chi connectivity index (χ1) is 13.5. The number of rotatable bonds is 7. The third-order valence-corrected chi connectivity index (χ3v) is 4.96. The summed E-state index contributed by atoms with van der Waals surface area (Å²) in [6, 6.07) is 10.1. The van der Waals surface area contributed by atoms with Crippen LogP contribution in [-0.4, -0.2) is 43.2 Å². The lowest BCUT2D eigenvalue weighted by Crippen LogP contribution is -2.38. The van der Waals surface area contributed by atoms with Gasteiger partial charge in [0.1, 0.15) is 0 Å². The molecule has 0 amide bonds. The van der Waals surface area contributed by atoms with Gasteiger partial charge in [-0.05, 0) is 36.6 Å². The predicted octanol–water partition coefficient (Wildman–Crippen LogP) is 3.83. The van der Waals surface area contributed by atoms with Gasteiger partial charge in [0.05, 0.1) is 19.1 Å². The SMILES string of the molecule is COc1ccc(CN2CCC(Nc3ccc([N+](=O)[O-])c(OC)c3)CC2)cc1F. The van der Waals surface area contributed by atoms with Crippen LogP contribution in [-0.2, 0) is 6.54 Å². The molecule has 0 aromatic heterocycles. The van der Waals surface area contributed by atoms with Crippen molar-refractivity contribution in [3.63, 3.8) is 0 Å². The molecule has 1 aliphatic rings. The van der Waals surface area contributed by atoms with Crippen LogP contribution >= 0.6 is 0 Å². The average Bonchev–Trinajstić information content (AvgIpc) is 2.69. The van der Waals surface area contributed by atoms with Crippen molar-refractivity contribution in [3.05, 3.63) is 57.9 Å². The van der Waals surface area contributed by atoms with Gasteiger partial charge in [0, 0.05) is 43.5 Å². The number of halogens is 1. The molecule has 0 radical (unpaired) electrons. The second kappa shape index (κ2) is 8.88. The Bertz CT molecular complexity index is 838. The Balaban J connectivity index is 1.54. The number of piperidine rings is 1. The molecule has 28 heavy (non-hydrogen) atoms. The van der Waals surface area contributed by atoms with Gasteiger partial charge in [0.25, 0.3) is 0 Å². The van der Waals surface area contributed by atoms with Crippen LogP contribution < -0.4 is 14.8 Å². The molecule has 3 rings (SSSR count). The maximum absolute atomic E-state index is 13.8. The zero-order valence-corrected chi connectivity index (χ0v) is 16.0. The van der Waals surface area contributed by atoms with Crippen molar-refractivity contribution in [2.45, 2.75) is 25.4 Å². The number of nitro groups is 1. The van der Waals surface area contributed by atoms with E-state index in [0.29, 0.717) is 6.54 Å². The smallest absolute Gasteiger partial charge is 0.311 e. The Morgan fingerprint density at radius 3 is 2.46 bits per heavy atom. The molecule has 0 bridgehead atoms. The summed E-state index contributed by atoms with van der Waals surface area (Å²) in [7, 11) is 2.88. The summed E-state index contributed by atoms with van der Waals surface area (Å²) in [6.45, 7) is 2.46. The highest BCUT2D eigenvalue weighted by atomic mass is 19.1. The van der Waals surface area contributed by atoms with Gasteiger partial charge in [0.2, 0.25) is 0 Å². The minimum absolute atomic E-state index is 0.0467. The van der Waals surface area contributed by atoms with Crippen LogP contribution in [0.15, 0.2) is 36.4 Å². The summed E-state index contributed by atoms with van der Waals surface area (Å²) in [4.78, 5) is 12.8. The lowest BCUT2D eigenvalue weighted by Gasteiger charge is -2.33. The number of ether oxygens (including phenoxy) is 2. The van der Waals surface area contributed by atoms with E-state index in [2.05, 4.69) is 10.2 Å². The fourth-order valence-electron chi connectivity index (χ4n) is 3.46. The summed E-state index contributed by atoms with van der Waals surface area (Å²) in [6.07, 6.45) is 1.86. The van der Waals surface area contributed by atoms with Gasteiger partial charge in [-0.3, -0.25) is 15.0 Å². The molecule has 2 aromatic rings. The molecule has 1 heterocycles. The Morgan fingerprint density at radius 1 is 1.14 bits per heavy atom. The second-order valence-corrected chi connectivity index (χ2v) is 6.81. The van der Waals surface area contributed by atoms with Crippen molar-refractivity contribution in [2.24, 2.45) is 0 Å². The van der Waals surface area contributed by atoms with Gasteiger partial charge < -0.3 is 14.8 Å². The molecule has 0 saturated carbocycles. The number of hydrogen-bond acceptors (Lipinski definition) is 6. The first-order valence-electron chi connectivity index (χ1n) is 9.14. The Hall–Kier alpha value is -2.87. The Labute approximate surface area is 163 Å². The van der Waals surface area contributed by atoms with E-state index >= 15 is 0 Å². The average molecular weight is 389 g/mol. The maximum Gasteiger partial charge on any atom is 0.311 e. The van der Waals surface area contributed by atoms with E-state index in [0.717, 1.165) is 37.2 Å². The third kappa shape index (κ3) is 4.69. The monoisotopic (exact) mass is 389 g/mol. The molecule has 1 fully saturated rings. The Kier molecular flexibility index (Phi) is 6.30. The fraction of sp³-hybridized carbons (Fsp3) is 0.400. The number of nitrogens with one attached hydrogen (secondary N) is 1. The number of benzene rings is 2. The predicted molar refractivity (Wildman–Crippen MR) is 105 cm³/mol. The van der Waals surface area contributed by atoms with Crippen LogP contribution in [0.3, 0.4) is 0 Å². The minimum Gasteiger partial charge on any atom is -0.494 e. The first kappa shape index (κ1) is 19.9. The number of nitrogens with zero attached hydrogens (tertiary/aromatic N) is 2. The molecular formula is C20H24FN3O4. The van der Waals surface area contributed by atoms with E-state index in [1.54, 1.807) is 18.2 Å². The molecule has 7 nitrogen and oxygen atoms in total. The highest BCUT2D eigenvalue weighted by Gasteiger charge is 2.21. The molecule has 150 valence electrons. The van der Waals surface area contributed by atoms with Crippen molar-refractivity contribution < 1.29 is 18.8 Å². The van der Waals surface area contributed by atoms with Crippen molar-refractivity contribution in [1.82, 2.24) is 4.90 Å². The van der Waals surface area contributed by atoms with Crippen molar-refractivity contribution in [1.29, 1.82) is 0 Å². The van der Waals surface area contributed by atoms with Gasteiger partial charge in [0.15, 0.2) is 17.3 Å². The second-order valence-electron chi connectivity index (χ2n) is 6.81. The zero-order chi connectivity index (χ0) is 20.1. The van der Waals surface area contributed by atoms with E-state index in [4.69, 9.17) is 9.47 Å². The zero-order valence-electron chi connectivity index (χ0n) is 16.0. The van der Waals surface area contributed by atoms with Crippen LogP contribution in [0.1, 0.15) is 18.4 Å².